The molecule has 5 rings (SSSR count). The number of aliphatic imine (C=N–C) groups is 1. The number of hydrogen-bond acceptors (Lipinski definition) is 9. The molecule has 0 unspecified atom stereocenters. The summed E-state index contributed by atoms with van der Waals surface area (Å²) in [4.78, 5) is 12.1. The van der Waals surface area contributed by atoms with Gasteiger partial charge in [-0.15, -0.1) is 0 Å². The molecule has 45 heavy (non-hydrogen) atoms. The van der Waals surface area contributed by atoms with Gasteiger partial charge in [0, 0.05) is 68.3 Å². The molecule has 13 heteroatoms. The van der Waals surface area contributed by atoms with E-state index in [0.29, 0.717) is 58.0 Å². The summed E-state index contributed by atoms with van der Waals surface area (Å²) in [6.45, 7) is 5.21. The Balaban J connectivity index is 1.50. The molecule has 0 bridgehead atoms. The van der Waals surface area contributed by atoms with E-state index in [2.05, 4.69) is 32.2 Å². The number of allylic oxidation sites excluding steroid dienone is 3. The molecule has 4 heterocycles. The molecule has 10 nitrogen and oxygen atoms in total. The van der Waals surface area contributed by atoms with Gasteiger partial charge in [0.25, 0.3) is 0 Å². The van der Waals surface area contributed by atoms with Crippen LogP contribution in [0.2, 0.25) is 0 Å². The lowest BCUT2D eigenvalue weighted by molar-refractivity contribution is 0.0521. The molecule has 3 N–H and O–H groups in total. The number of methoxy groups -OCH3 is 1. The SMILES string of the molecule is CCC1=C(c2ccc(NCCOC)nc2)N=C2CC=C(c3cccc(NS(=O)(=O)CCCF)c3F)NC2=C(N2CCOCC2)C1. The van der Waals surface area contributed by atoms with Crippen molar-refractivity contribution in [3.05, 3.63) is 76.5 Å². The highest BCUT2D eigenvalue weighted by molar-refractivity contribution is 7.92. The highest BCUT2D eigenvalue weighted by atomic mass is 32.2. The smallest absolute Gasteiger partial charge is 0.232 e. The molecule has 1 fully saturated rings. The van der Waals surface area contributed by atoms with Crippen LogP contribution in [-0.4, -0.2) is 83.0 Å². The van der Waals surface area contributed by atoms with Gasteiger partial charge >= 0.3 is 0 Å². The molecule has 1 saturated heterocycles. The Morgan fingerprint density at radius 3 is 2.71 bits per heavy atom. The lowest BCUT2D eigenvalue weighted by atomic mass is 9.98. The maximum atomic E-state index is 15.8. The van der Waals surface area contributed by atoms with Gasteiger partial charge in [-0.25, -0.2) is 17.8 Å². The normalized spacial score (nSPS) is 17.3. The summed E-state index contributed by atoms with van der Waals surface area (Å²) in [5, 5.41) is 6.72. The molecule has 0 aliphatic carbocycles. The van der Waals surface area contributed by atoms with Crippen LogP contribution >= 0.6 is 0 Å². The van der Waals surface area contributed by atoms with E-state index >= 15 is 4.39 Å². The highest BCUT2D eigenvalue weighted by Crippen LogP contribution is 2.37. The van der Waals surface area contributed by atoms with Gasteiger partial charge in [-0.2, -0.15) is 0 Å². The average Bonchev–Trinajstić information content (AvgIpc) is 3.22. The van der Waals surface area contributed by atoms with Crippen molar-refractivity contribution in [3.63, 3.8) is 0 Å². The molecule has 3 aliphatic heterocycles. The molecule has 1 aromatic heterocycles. The van der Waals surface area contributed by atoms with Gasteiger partial charge in [0.05, 0.1) is 55.0 Å². The second kappa shape index (κ2) is 15.0. The van der Waals surface area contributed by atoms with Crippen molar-refractivity contribution in [1.29, 1.82) is 0 Å². The number of pyridine rings is 1. The van der Waals surface area contributed by atoms with E-state index in [1.54, 1.807) is 19.2 Å². The Labute approximate surface area is 263 Å². The number of anilines is 2. The minimum Gasteiger partial charge on any atom is -0.383 e. The van der Waals surface area contributed by atoms with Crippen LogP contribution in [0.25, 0.3) is 11.4 Å². The fraction of sp³-hybridized carbons (Fsp3) is 0.438. The van der Waals surface area contributed by atoms with Crippen molar-refractivity contribution in [2.24, 2.45) is 4.99 Å². The first-order valence-corrected chi connectivity index (χ1v) is 16.9. The van der Waals surface area contributed by atoms with Gasteiger partial charge in [-0.3, -0.25) is 14.1 Å². The zero-order chi connectivity index (χ0) is 31.8. The summed E-state index contributed by atoms with van der Waals surface area (Å²) in [6, 6.07) is 8.52. The predicted molar refractivity (Wildman–Crippen MR) is 173 cm³/mol. The van der Waals surface area contributed by atoms with Crippen molar-refractivity contribution in [2.75, 3.05) is 69.0 Å². The van der Waals surface area contributed by atoms with Crippen molar-refractivity contribution in [3.8, 4) is 0 Å². The Kier molecular flexibility index (Phi) is 10.8. The van der Waals surface area contributed by atoms with Crippen molar-refractivity contribution in [2.45, 2.75) is 32.6 Å². The van der Waals surface area contributed by atoms with E-state index in [1.807, 2.05) is 24.4 Å². The van der Waals surface area contributed by atoms with Crippen LogP contribution in [0.1, 0.15) is 43.7 Å². The van der Waals surface area contributed by atoms with Gasteiger partial charge in [-0.1, -0.05) is 19.1 Å². The van der Waals surface area contributed by atoms with Crippen LogP contribution < -0.4 is 15.4 Å². The Hall–Kier alpha value is -3.81. The third-order valence-corrected chi connectivity index (χ3v) is 9.23. The molecule has 3 aliphatic rings. The number of alkyl halides is 1. The quantitative estimate of drug-likeness (QED) is 0.264. The Morgan fingerprint density at radius 1 is 1.18 bits per heavy atom. The van der Waals surface area contributed by atoms with E-state index in [9.17, 15) is 12.8 Å². The number of hydrogen-bond donors (Lipinski definition) is 3. The standard InChI is InChI=1S/C32H40F2N6O4S/c1-3-22-20-28(40-14-17-44-18-15-40)32-27(38-31(22)23-8-11-29(36-21-23)35-13-16-43-2)10-9-25(37-32)24-6-4-7-26(30(24)34)39-45(41,42)19-5-12-33/h4,6-9,11,21,37,39H,3,5,10,12-20H2,1-2H3,(H,35,36). The van der Waals surface area contributed by atoms with E-state index in [0.717, 1.165) is 46.2 Å². The second-order valence-electron chi connectivity index (χ2n) is 10.9. The van der Waals surface area contributed by atoms with E-state index in [-0.39, 0.29) is 17.7 Å². The molecule has 1 aromatic carbocycles. The maximum Gasteiger partial charge on any atom is 0.232 e. The summed E-state index contributed by atoms with van der Waals surface area (Å²) >= 11 is 0. The van der Waals surface area contributed by atoms with Gasteiger partial charge in [0.1, 0.15) is 5.82 Å². The fourth-order valence-electron chi connectivity index (χ4n) is 5.53. The van der Waals surface area contributed by atoms with Gasteiger partial charge < -0.3 is 25.0 Å². The number of fused-ring (bicyclic) bond motifs is 1. The van der Waals surface area contributed by atoms with Crippen molar-refractivity contribution in [1.82, 2.24) is 15.2 Å². The number of ether oxygens (including phenoxy) is 2. The van der Waals surface area contributed by atoms with Crippen LogP contribution in [0.4, 0.5) is 20.3 Å². The lowest BCUT2D eigenvalue weighted by Crippen LogP contribution is -2.39. The summed E-state index contributed by atoms with van der Waals surface area (Å²) in [6.07, 6.45) is 5.39. The number of benzene rings is 1. The molecular formula is C32H40F2N6O4S. The van der Waals surface area contributed by atoms with Crippen LogP contribution in [0.15, 0.2) is 64.6 Å². The maximum absolute atomic E-state index is 15.8. The Bertz CT molecular complexity index is 1600. The van der Waals surface area contributed by atoms with Gasteiger partial charge in [0.2, 0.25) is 10.0 Å². The average molecular weight is 643 g/mol. The highest BCUT2D eigenvalue weighted by Gasteiger charge is 2.29. The number of sulfonamides is 1. The topological polar surface area (TPSA) is 117 Å². The largest absolute Gasteiger partial charge is 0.383 e. The van der Waals surface area contributed by atoms with Crippen LogP contribution in [-0.2, 0) is 19.5 Å². The number of aromatic nitrogens is 1. The van der Waals surface area contributed by atoms with Crippen molar-refractivity contribution < 1.29 is 26.7 Å². The number of morpholine rings is 1. The van der Waals surface area contributed by atoms with Crippen LogP contribution in [0.5, 0.6) is 0 Å². The summed E-state index contributed by atoms with van der Waals surface area (Å²) in [5.41, 5.74) is 6.21. The monoisotopic (exact) mass is 642 g/mol. The fourth-order valence-corrected chi connectivity index (χ4v) is 6.61. The third kappa shape index (κ3) is 7.89. The van der Waals surface area contributed by atoms with E-state index < -0.39 is 28.3 Å². The molecule has 0 atom stereocenters. The first-order chi connectivity index (χ1) is 21.8. The molecule has 0 saturated carbocycles. The molecular weight excluding hydrogens is 602 g/mol. The second-order valence-corrected chi connectivity index (χ2v) is 12.7. The van der Waals surface area contributed by atoms with Gasteiger partial charge in [0.15, 0.2) is 5.82 Å². The molecule has 0 amide bonds. The zero-order valence-corrected chi connectivity index (χ0v) is 26.5. The molecule has 0 spiro atoms. The van der Waals surface area contributed by atoms with E-state index in [4.69, 9.17) is 14.5 Å². The lowest BCUT2D eigenvalue weighted by Gasteiger charge is -2.34. The third-order valence-electron chi connectivity index (χ3n) is 7.87. The first kappa shape index (κ1) is 32.6. The summed E-state index contributed by atoms with van der Waals surface area (Å²) in [7, 11) is -2.24. The van der Waals surface area contributed by atoms with Crippen LogP contribution in [0, 0.1) is 5.82 Å². The molecule has 242 valence electrons. The summed E-state index contributed by atoms with van der Waals surface area (Å²) in [5.74, 6) is -0.383. The minimum absolute atomic E-state index is 0.162. The molecule has 0 radical (unpaired) electrons. The van der Waals surface area contributed by atoms with Gasteiger partial charge in [-0.05, 0) is 42.7 Å². The number of halogens is 2. The number of rotatable bonds is 13. The first-order valence-electron chi connectivity index (χ1n) is 15.2. The van der Waals surface area contributed by atoms with Crippen molar-refractivity contribution >= 4 is 38.6 Å². The number of nitrogens with zero attached hydrogens (tertiary/aromatic N) is 3. The number of nitrogens with one attached hydrogen (secondary N) is 3. The Morgan fingerprint density at radius 2 is 2.00 bits per heavy atom. The minimum atomic E-state index is -3.90. The zero-order valence-electron chi connectivity index (χ0n) is 25.7. The predicted octanol–water partition coefficient (Wildman–Crippen LogP) is 4.92. The van der Waals surface area contributed by atoms with Crippen LogP contribution in [0.3, 0.4) is 0 Å². The summed E-state index contributed by atoms with van der Waals surface area (Å²) < 4.78 is 66.2. The van der Waals surface area contributed by atoms with E-state index in [1.165, 1.54) is 6.07 Å². The molecule has 2 aromatic rings.